The molecule has 0 aromatic heterocycles. The summed E-state index contributed by atoms with van der Waals surface area (Å²) in [6.45, 7) is 6.64. The second-order valence-corrected chi connectivity index (χ2v) is 7.13. The third kappa shape index (κ3) is 7.64. The van der Waals surface area contributed by atoms with Crippen molar-refractivity contribution < 1.29 is 4.79 Å². The lowest BCUT2D eigenvalue weighted by atomic mass is 9.79. The molecule has 0 saturated carbocycles. The minimum atomic E-state index is 0.196. The Balaban J connectivity index is 2.35. The Hall–Kier alpha value is -1.11. The zero-order valence-corrected chi connectivity index (χ0v) is 16.2. The van der Waals surface area contributed by atoms with Crippen molar-refractivity contribution in [1.82, 2.24) is 0 Å². The summed E-state index contributed by atoms with van der Waals surface area (Å²) in [5.41, 5.74) is 1.33. The SMILES string of the molecule is CCCCCCCCCCC(=O)C(CC)C(CC)c1ccccc1. The Morgan fingerprint density at radius 1 is 0.792 bits per heavy atom. The average molecular weight is 331 g/mol. The van der Waals surface area contributed by atoms with Crippen LogP contribution in [-0.2, 0) is 4.79 Å². The fraction of sp³-hybridized carbons (Fsp3) is 0.696. The van der Waals surface area contributed by atoms with Gasteiger partial charge in [0, 0.05) is 12.3 Å². The minimum Gasteiger partial charge on any atom is -0.299 e. The van der Waals surface area contributed by atoms with Gasteiger partial charge in [-0.15, -0.1) is 0 Å². The lowest BCUT2D eigenvalue weighted by Gasteiger charge is -2.24. The molecule has 2 unspecified atom stereocenters. The van der Waals surface area contributed by atoms with Gasteiger partial charge >= 0.3 is 0 Å². The van der Waals surface area contributed by atoms with E-state index in [1.54, 1.807) is 0 Å². The van der Waals surface area contributed by atoms with Crippen LogP contribution in [0.3, 0.4) is 0 Å². The Labute approximate surface area is 150 Å². The molecule has 0 saturated heterocycles. The van der Waals surface area contributed by atoms with E-state index in [1.807, 2.05) is 0 Å². The van der Waals surface area contributed by atoms with Gasteiger partial charge in [0.05, 0.1) is 0 Å². The fourth-order valence-electron chi connectivity index (χ4n) is 3.81. The van der Waals surface area contributed by atoms with Gasteiger partial charge in [0.2, 0.25) is 0 Å². The molecule has 0 N–H and O–H groups in total. The average Bonchev–Trinajstić information content (AvgIpc) is 2.62. The van der Waals surface area contributed by atoms with Crippen LogP contribution in [0.4, 0.5) is 0 Å². The monoisotopic (exact) mass is 330 g/mol. The van der Waals surface area contributed by atoms with E-state index in [2.05, 4.69) is 51.1 Å². The van der Waals surface area contributed by atoms with Gasteiger partial charge < -0.3 is 0 Å². The van der Waals surface area contributed by atoms with Gasteiger partial charge in [-0.3, -0.25) is 4.79 Å². The Morgan fingerprint density at radius 2 is 1.38 bits per heavy atom. The van der Waals surface area contributed by atoms with Crippen LogP contribution < -0.4 is 0 Å². The second-order valence-electron chi connectivity index (χ2n) is 7.13. The van der Waals surface area contributed by atoms with E-state index in [9.17, 15) is 4.79 Å². The molecule has 0 amide bonds. The Bertz CT molecular complexity index is 423. The molecule has 0 aliphatic heterocycles. The highest BCUT2D eigenvalue weighted by atomic mass is 16.1. The molecule has 1 aromatic carbocycles. The van der Waals surface area contributed by atoms with E-state index in [-0.39, 0.29) is 5.92 Å². The third-order valence-corrected chi connectivity index (χ3v) is 5.28. The van der Waals surface area contributed by atoms with E-state index in [1.165, 1.54) is 50.5 Å². The molecule has 24 heavy (non-hydrogen) atoms. The van der Waals surface area contributed by atoms with Crippen molar-refractivity contribution in [3.63, 3.8) is 0 Å². The van der Waals surface area contributed by atoms with E-state index < -0.39 is 0 Å². The molecule has 0 aliphatic rings. The zero-order valence-electron chi connectivity index (χ0n) is 16.2. The Morgan fingerprint density at radius 3 is 1.92 bits per heavy atom. The molecule has 0 radical (unpaired) electrons. The standard InChI is InChI=1S/C23H38O/c1-4-7-8-9-10-11-12-16-19-23(24)22(6-3)21(5-2)20-17-14-13-15-18-20/h13-15,17-18,21-22H,4-12,16,19H2,1-3H3. The second kappa shape index (κ2) is 13.2. The van der Waals surface area contributed by atoms with Gasteiger partial charge in [0.1, 0.15) is 5.78 Å². The molecule has 0 bridgehead atoms. The summed E-state index contributed by atoms with van der Waals surface area (Å²) in [5.74, 6) is 1.07. The number of unbranched alkanes of at least 4 members (excludes halogenated alkanes) is 7. The van der Waals surface area contributed by atoms with Crippen LogP contribution in [0.15, 0.2) is 30.3 Å². The van der Waals surface area contributed by atoms with Gasteiger partial charge in [-0.05, 0) is 30.7 Å². The number of hydrogen-bond donors (Lipinski definition) is 0. The van der Waals surface area contributed by atoms with Crippen LogP contribution in [0.5, 0.6) is 0 Å². The molecular formula is C23H38O. The number of benzene rings is 1. The smallest absolute Gasteiger partial charge is 0.136 e. The first-order valence-corrected chi connectivity index (χ1v) is 10.3. The predicted octanol–water partition coefficient (Wildman–Crippen LogP) is 7.31. The van der Waals surface area contributed by atoms with Crippen LogP contribution in [-0.4, -0.2) is 5.78 Å². The van der Waals surface area contributed by atoms with Crippen molar-refractivity contribution in [2.75, 3.05) is 0 Å². The number of ketones is 1. The van der Waals surface area contributed by atoms with Crippen LogP contribution in [0.1, 0.15) is 103 Å². The highest BCUT2D eigenvalue weighted by molar-refractivity contribution is 5.81. The number of carbonyl (C=O) groups is 1. The Kier molecular flexibility index (Phi) is 11.5. The summed E-state index contributed by atoms with van der Waals surface area (Å²) < 4.78 is 0. The summed E-state index contributed by atoms with van der Waals surface area (Å²) >= 11 is 0. The van der Waals surface area contributed by atoms with E-state index in [4.69, 9.17) is 0 Å². The number of hydrogen-bond acceptors (Lipinski definition) is 1. The first-order valence-electron chi connectivity index (χ1n) is 10.3. The quantitative estimate of drug-likeness (QED) is 0.327. The first kappa shape index (κ1) is 20.9. The van der Waals surface area contributed by atoms with Crippen molar-refractivity contribution in [3.05, 3.63) is 35.9 Å². The molecule has 0 fully saturated rings. The van der Waals surface area contributed by atoms with Crippen molar-refractivity contribution >= 4 is 5.78 Å². The van der Waals surface area contributed by atoms with Crippen molar-refractivity contribution in [1.29, 1.82) is 0 Å². The van der Waals surface area contributed by atoms with Gasteiger partial charge in [-0.2, -0.15) is 0 Å². The van der Waals surface area contributed by atoms with E-state index in [0.29, 0.717) is 11.7 Å². The van der Waals surface area contributed by atoms with Gasteiger partial charge in [-0.25, -0.2) is 0 Å². The topological polar surface area (TPSA) is 17.1 Å². The molecule has 1 heteroatoms. The molecule has 0 heterocycles. The van der Waals surface area contributed by atoms with Gasteiger partial charge in [0.15, 0.2) is 0 Å². The summed E-state index contributed by atoms with van der Waals surface area (Å²) in [7, 11) is 0. The fourth-order valence-corrected chi connectivity index (χ4v) is 3.81. The zero-order chi connectivity index (χ0) is 17.6. The molecule has 1 rings (SSSR count). The normalized spacial score (nSPS) is 13.6. The van der Waals surface area contributed by atoms with Crippen LogP contribution >= 0.6 is 0 Å². The summed E-state index contributed by atoms with van der Waals surface area (Å²) in [4.78, 5) is 12.7. The molecule has 2 atom stereocenters. The third-order valence-electron chi connectivity index (χ3n) is 5.28. The van der Waals surface area contributed by atoms with Crippen molar-refractivity contribution in [2.45, 2.75) is 97.3 Å². The molecular weight excluding hydrogens is 292 g/mol. The van der Waals surface area contributed by atoms with E-state index >= 15 is 0 Å². The number of rotatable bonds is 14. The molecule has 1 nitrogen and oxygen atoms in total. The maximum absolute atomic E-state index is 12.7. The lowest BCUT2D eigenvalue weighted by Crippen LogP contribution is -2.21. The van der Waals surface area contributed by atoms with Gasteiger partial charge in [0.25, 0.3) is 0 Å². The van der Waals surface area contributed by atoms with Crippen LogP contribution in [0.2, 0.25) is 0 Å². The maximum atomic E-state index is 12.7. The molecule has 136 valence electrons. The number of carbonyl (C=O) groups excluding carboxylic acids is 1. The summed E-state index contributed by atoms with van der Waals surface area (Å²) in [6, 6.07) is 10.6. The number of Topliss-reactive ketones (excluding diaryl/α,β-unsaturated/α-hetero) is 1. The highest BCUT2D eigenvalue weighted by Gasteiger charge is 2.25. The van der Waals surface area contributed by atoms with Crippen molar-refractivity contribution in [3.8, 4) is 0 Å². The van der Waals surface area contributed by atoms with E-state index in [0.717, 1.165) is 25.7 Å². The predicted molar refractivity (Wildman–Crippen MR) is 105 cm³/mol. The maximum Gasteiger partial charge on any atom is 0.136 e. The molecule has 0 aliphatic carbocycles. The molecule has 1 aromatic rings. The van der Waals surface area contributed by atoms with Crippen LogP contribution in [0.25, 0.3) is 0 Å². The lowest BCUT2D eigenvalue weighted by molar-refractivity contribution is -0.123. The van der Waals surface area contributed by atoms with Gasteiger partial charge in [-0.1, -0.05) is 96.0 Å². The highest BCUT2D eigenvalue weighted by Crippen LogP contribution is 2.32. The largest absolute Gasteiger partial charge is 0.299 e. The summed E-state index contributed by atoms with van der Waals surface area (Å²) in [6.07, 6.45) is 13.1. The summed E-state index contributed by atoms with van der Waals surface area (Å²) in [5, 5.41) is 0. The van der Waals surface area contributed by atoms with Crippen molar-refractivity contribution in [2.24, 2.45) is 5.92 Å². The molecule has 0 spiro atoms. The minimum absolute atomic E-state index is 0.196. The van der Waals surface area contributed by atoms with Crippen LogP contribution in [0, 0.1) is 5.92 Å². The first-order chi connectivity index (χ1) is 11.7.